The van der Waals surface area contributed by atoms with Crippen molar-refractivity contribution >= 4 is 22.5 Å². The minimum Gasteiger partial charge on any atom is -0.357 e. The van der Waals surface area contributed by atoms with E-state index in [-0.39, 0.29) is 0 Å². The van der Waals surface area contributed by atoms with Gasteiger partial charge in [-0.2, -0.15) is 5.26 Å². The second-order valence-corrected chi connectivity index (χ2v) is 7.53. The van der Waals surface area contributed by atoms with Crippen LogP contribution in [0.2, 0.25) is 0 Å². The number of rotatable bonds is 3. The van der Waals surface area contributed by atoms with E-state index in [4.69, 9.17) is 4.98 Å². The summed E-state index contributed by atoms with van der Waals surface area (Å²) in [6.07, 6.45) is 3.23. The first kappa shape index (κ1) is 16.8. The van der Waals surface area contributed by atoms with Crippen LogP contribution in [0.15, 0.2) is 54.6 Å². The summed E-state index contributed by atoms with van der Waals surface area (Å²) in [7, 11) is 0. The number of pyridine rings is 1. The van der Waals surface area contributed by atoms with E-state index in [0.29, 0.717) is 5.56 Å². The first-order valence-electron chi connectivity index (χ1n) is 9.89. The van der Waals surface area contributed by atoms with Crippen molar-refractivity contribution in [1.82, 2.24) is 9.38 Å². The van der Waals surface area contributed by atoms with Crippen molar-refractivity contribution < 1.29 is 0 Å². The molecule has 0 radical (unpaired) electrons. The lowest BCUT2D eigenvalue weighted by Gasteiger charge is -2.25. The number of benzene rings is 2. The summed E-state index contributed by atoms with van der Waals surface area (Å²) in [6.45, 7) is 4.18. The fraction of sp³-hybridized carbons (Fsp3) is 0.250. The van der Waals surface area contributed by atoms with Crippen LogP contribution in [0.5, 0.6) is 0 Å². The van der Waals surface area contributed by atoms with Crippen LogP contribution in [0.1, 0.15) is 35.1 Å². The van der Waals surface area contributed by atoms with Crippen LogP contribution < -0.4 is 4.90 Å². The van der Waals surface area contributed by atoms with E-state index in [0.717, 1.165) is 41.8 Å². The lowest BCUT2D eigenvalue weighted by molar-refractivity contribution is 0.900. The van der Waals surface area contributed by atoms with Crippen LogP contribution in [0.4, 0.5) is 5.82 Å². The molecule has 0 amide bonds. The Kier molecular flexibility index (Phi) is 4.02. The summed E-state index contributed by atoms with van der Waals surface area (Å²) in [5.41, 5.74) is 7.03. The number of anilines is 1. The summed E-state index contributed by atoms with van der Waals surface area (Å²) in [4.78, 5) is 7.32. The highest BCUT2D eigenvalue weighted by Gasteiger charge is 2.25. The monoisotopic (exact) mass is 366 g/mol. The number of fused-ring (bicyclic) bond motifs is 3. The largest absolute Gasteiger partial charge is 0.357 e. The first-order chi connectivity index (χ1) is 13.8. The van der Waals surface area contributed by atoms with Gasteiger partial charge in [0.25, 0.3) is 0 Å². The molecule has 0 saturated carbocycles. The van der Waals surface area contributed by atoms with Crippen molar-refractivity contribution in [2.45, 2.75) is 26.2 Å². The Morgan fingerprint density at radius 3 is 2.46 bits per heavy atom. The molecule has 0 unspecified atom stereocenters. The van der Waals surface area contributed by atoms with E-state index in [2.05, 4.69) is 52.6 Å². The third kappa shape index (κ3) is 2.55. The molecule has 2 aromatic carbocycles. The smallest absolute Gasteiger partial charge is 0.157 e. The molecule has 28 heavy (non-hydrogen) atoms. The number of hydrogen-bond acceptors (Lipinski definition) is 3. The molecule has 0 bridgehead atoms. The Balaban J connectivity index is 1.88. The number of aromatic nitrogens is 2. The summed E-state index contributed by atoms with van der Waals surface area (Å²) in [5, 5.41) is 9.97. The summed E-state index contributed by atoms with van der Waals surface area (Å²) < 4.78 is 2.23. The second kappa shape index (κ2) is 6.69. The van der Waals surface area contributed by atoms with Gasteiger partial charge in [-0.15, -0.1) is 0 Å². The van der Waals surface area contributed by atoms with Crippen LogP contribution in [-0.2, 0) is 6.42 Å². The highest BCUT2D eigenvalue weighted by molar-refractivity contribution is 5.86. The highest BCUT2D eigenvalue weighted by Crippen LogP contribution is 2.35. The third-order valence-corrected chi connectivity index (χ3v) is 5.83. The molecule has 0 spiro atoms. The zero-order valence-electron chi connectivity index (χ0n) is 16.0. The fourth-order valence-corrected chi connectivity index (χ4v) is 4.44. The maximum Gasteiger partial charge on any atom is 0.157 e. The van der Waals surface area contributed by atoms with Crippen molar-refractivity contribution in [3.63, 3.8) is 0 Å². The van der Waals surface area contributed by atoms with Crippen molar-refractivity contribution in [3.8, 4) is 6.07 Å². The molecule has 1 aliphatic rings. The van der Waals surface area contributed by atoms with Gasteiger partial charge in [-0.25, -0.2) is 4.98 Å². The van der Waals surface area contributed by atoms with Crippen LogP contribution in [0.3, 0.4) is 0 Å². The Bertz CT molecular complexity index is 1210. The predicted molar refractivity (Wildman–Crippen MR) is 113 cm³/mol. The number of para-hydroxylation sites is 2. The molecule has 1 saturated heterocycles. The Morgan fingerprint density at radius 2 is 1.71 bits per heavy atom. The van der Waals surface area contributed by atoms with Gasteiger partial charge in [-0.1, -0.05) is 42.5 Å². The van der Waals surface area contributed by atoms with Gasteiger partial charge in [0.1, 0.15) is 11.9 Å². The van der Waals surface area contributed by atoms with E-state index in [1.54, 1.807) is 0 Å². The average molecular weight is 366 g/mol. The molecule has 5 rings (SSSR count). The molecule has 0 aliphatic carbocycles. The Hall–Kier alpha value is -3.32. The third-order valence-electron chi connectivity index (χ3n) is 5.83. The van der Waals surface area contributed by atoms with Crippen molar-refractivity contribution in [2.24, 2.45) is 0 Å². The number of hydrogen-bond donors (Lipinski definition) is 0. The van der Waals surface area contributed by atoms with Gasteiger partial charge in [-0.3, -0.25) is 4.40 Å². The summed E-state index contributed by atoms with van der Waals surface area (Å²) in [6, 6.07) is 21.2. The molecule has 0 N–H and O–H groups in total. The standard InChI is InChI=1S/C24H22N4/c1-17-19(15-18-9-3-2-4-10-18)24(27-13-7-8-14-27)28-22-12-6-5-11-21(22)26-23(28)20(17)16-25/h2-6,9-12H,7-8,13-15H2,1H3. The van der Waals surface area contributed by atoms with E-state index >= 15 is 0 Å². The minimum absolute atomic E-state index is 0.685. The molecular formula is C24H22N4. The van der Waals surface area contributed by atoms with Gasteiger partial charge in [0, 0.05) is 25.1 Å². The quantitative estimate of drug-likeness (QED) is 0.520. The van der Waals surface area contributed by atoms with Crippen LogP contribution in [0.25, 0.3) is 16.7 Å². The second-order valence-electron chi connectivity index (χ2n) is 7.53. The van der Waals surface area contributed by atoms with Crippen LogP contribution in [-0.4, -0.2) is 22.5 Å². The van der Waals surface area contributed by atoms with Gasteiger partial charge in [0.2, 0.25) is 0 Å². The first-order valence-corrected chi connectivity index (χ1v) is 9.89. The van der Waals surface area contributed by atoms with E-state index in [1.807, 2.05) is 24.3 Å². The molecule has 4 aromatic rings. The molecule has 138 valence electrons. The number of nitriles is 1. The van der Waals surface area contributed by atoms with Crippen molar-refractivity contribution in [3.05, 3.63) is 76.9 Å². The average Bonchev–Trinajstić information content (AvgIpc) is 3.38. The van der Waals surface area contributed by atoms with Crippen LogP contribution >= 0.6 is 0 Å². The Labute approximate surface area is 164 Å². The molecule has 3 heterocycles. The number of nitrogens with zero attached hydrogens (tertiary/aromatic N) is 4. The van der Waals surface area contributed by atoms with Gasteiger partial charge in [-0.05, 0) is 43.0 Å². The van der Waals surface area contributed by atoms with Gasteiger partial charge >= 0.3 is 0 Å². The molecule has 0 atom stereocenters. The zero-order valence-corrected chi connectivity index (χ0v) is 16.0. The lowest BCUT2D eigenvalue weighted by atomic mass is 9.97. The van der Waals surface area contributed by atoms with E-state index in [1.165, 1.54) is 29.8 Å². The molecule has 4 heteroatoms. The van der Waals surface area contributed by atoms with Gasteiger partial charge < -0.3 is 4.90 Å². The normalized spacial score (nSPS) is 14.1. The zero-order chi connectivity index (χ0) is 19.1. The summed E-state index contributed by atoms with van der Waals surface area (Å²) in [5.74, 6) is 1.21. The maximum atomic E-state index is 9.97. The fourth-order valence-electron chi connectivity index (χ4n) is 4.44. The predicted octanol–water partition coefficient (Wildman–Crippen LogP) is 4.86. The van der Waals surface area contributed by atoms with E-state index < -0.39 is 0 Å². The summed E-state index contributed by atoms with van der Waals surface area (Å²) >= 11 is 0. The lowest BCUT2D eigenvalue weighted by Crippen LogP contribution is -2.23. The molecule has 1 aliphatic heterocycles. The topological polar surface area (TPSA) is 44.3 Å². The van der Waals surface area contributed by atoms with Gasteiger partial charge in [0.05, 0.1) is 16.6 Å². The molecule has 1 fully saturated rings. The van der Waals surface area contributed by atoms with Crippen molar-refractivity contribution in [1.29, 1.82) is 5.26 Å². The Morgan fingerprint density at radius 1 is 1.00 bits per heavy atom. The number of imidazole rings is 1. The van der Waals surface area contributed by atoms with Crippen LogP contribution in [0, 0.1) is 18.3 Å². The maximum absolute atomic E-state index is 9.97. The molecule has 4 nitrogen and oxygen atoms in total. The highest BCUT2D eigenvalue weighted by atomic mass is 15.2. The molecule has 2 aromatic heterocycles. The molecular weight excluding hydrogens is 344 g/mol. The van der Waals surface area contributed by atoms with Gasteiger partial charge in [0.15, 0.2) is 5.65 Å². The van der Waals surface area contributed by atoms with E-state index in [9.17, 15) is 5.26 Å². The SMILES string of the molecule is Cc1c(Cc2ccccc2)c(N2CCCC2)n2c(nc3ccccc32)c1C#N. The minimum atomic E-state index is 0.685. The van der Waals surface area contributed by atoms with Crippen molar-refractivity contribution in [2.75, 3.05) is 18.0 Å².